The standard InChI is InChI=1S/C12H22N2O2/c1-3-6-14(7-8-16-2)12(15)9-11(13)10-4-5-10/h3,10-11H,1,4-9,13H2,2H3. The molecule has 0 heterocycles. The van der Waals surface area contributed by atoms with Crippen molar-refractivity contribution in [1.29, 1.82) is 0 Å². The molecule has 16 heavy (non-hydrogen) atoms. The van der Waals surface area contributed by atoms with Crippen LogP contribution in [0.15, 0.2) is 12.7 Å². The average molecular weight is 226 g/mol. The van der Waals surface area contributed by atoms with Gasteiger partial charge < -0.3 is 15.4 Å². The number of amides is 1. The molecule has 1 fully saturated rings. The highest BCUT2D eigenvalue weighted by Crippen LogP contribution is 2.32. The molecular weight excluding hydrogens is 204 g/mol. The van der Waals surface area contributed by atoms with Gasteiger partial charge in [-0.2, -0.15) is 0 Å². The van der Waals surface area contributed by atoms with E-state index in [1.807, 2.05) is 0 Å². The van der Waals surface area contributed by atoms with E-state index >= 15 is 0 Å². The fourth-order valence-electron chi connectivity index (χ4n) is 1.70. The third kappa shape index (κ3) is 4.33. The molecule has 0 aromatic rings. The van der Waals surface area contributed by atoms with Gasteiger partial charge in [0.2, 0.25) is 5.91 Å². The second-order valence-corrected chi connectivity index (χ2v) is 4.33. The van der Waals surface area contributed by atoms with Gasteiger partial charge in [0.15, 0.2) is 0 Å². The molecule has 0 aromatic carbocycles. The number of ether oxygens (including phenoxy) is 1. The smallest absolute Gasteiger partial charge is 0.224 e. The number of hydrogen-bond donors (Lipinski definition) is 1. The van der Waals surface area contributed by atoms with E-state index in [0.717, 1.165) is 0 Å². The first kappa shape index (κ1) is 13.2. The van der Waals surface area contributed by atoms with Crippen LogP contribution in [0, 0.1) is 5.92 Å². The van der Waals surface area contributed by atoms with Gasteiger partial charge in [-0.3, -0.25) is 4.79 Å². The summed E-state index contributed by atoms with van der Waals surface area (Å²) in [6.45, 7) is 5.38. The van der Waals surface area contributed by atoms with E-state index in [0.29, 0.717) is 32.0 Å². The zero-order chi connectivity index (χ0) is 12.0. The molecule has 4 nitrogen and oxygen atoms in total. The molecule has 1 aliphatic carbocycles. The fourth-order valence-corrected chi connectivity index (χ4v) is 1.70. The van der Waals surface area contributed by atoms with Gasteiger partial charge in [0.25, 0.3) is 0 Å². The van der Waals surface area contributed by atoms with E-state index in [9.17, 15) is 4.79 Å². The highest BCUT2D eigenvalue weighted by molar-refractivity contribution is 5.77. The number of carbonyl (C=O) groups is 1. The van der Waals surface area contributed by atoms with Crippen LogP contribution in [0.25, 0.3) is 0 Å². The average Bonchev–Trinajstić information content (AvgIpc) is 3.07. The van der Waals surface area contributed by atoms with Crippen molar-refractivity contribution >= 4 is 5.91 Å². The Balaban J connectivity index is 2.35. The van der Waals surface area contributed by atoms with Crippen molar-refractivity contribution in [2.75, 3.05) is 26.8 Å². The Morgan fingerprint density at radius 3 is 2.88 bits per heavy atom. The first-order valence-electron chi connectivity index (χ1n) is 5.82. The summed E-state index contributed by atoms with van der Waals surface area (Å²) in [4.78, 5) is 13.7. The Morgan fingerprint density at radius 2 is 2.38 bits per heavy atom. The maximum absolute atomic E-state index is 11.9. The third-order valence-electron chi connectivity index (χ3n) is 2.91. The van der Waals surface area contributed by atoms with Gasteiger partial charge in [0.05, 0.1) is 6.61 Å². The summed E-state index contributed by atoms with van der Waals surface area (Å²) in [6.07, 6.45) is 4.53. The number of methoxy groups -OCH3 is 1. The number of rotatable bonds is 8. The van der Waals surface area contributed by atoms with Crippen molar-refractivity contribution in [3.05, 3.63) is 12.7 Å². The fraction of sp³-hybridized carbons (Fsp3) is 0.750. The number of nitrogens with zero attached hydrogens (tertiary/aromatic N) is 1. The van der Waals surface area contributed by atoms with Gasteiger partial charge in [0, 0.05) is 32.7 Å². The maximum atomic E-state index is 11.9. The lowest BCUT2D eigenvalue weighted by Crippen LogP contribution is -2.38. The minimum Gasteiger partial charge on any atom is -0.383 e. The molecule has 2 N–H and O–H groups in total. The van der Waals surface area contributed by atoms with Crippen LogP contribution >= 0.6 is 0 Å². The molecule has 0 aromatic heterocycles. The highest BCUT2D eigenvalue weighted by Gasteiger charge is 2.30. The molecule has 0 saturated heterocycles. The topological polar surface area (TPSA) is 55.6 Å². The van der Waals surface area contributed by atoms with Gasteiger partial charge in [-0.05, 0) is 18.8 Å². The van der Waals surface area contributed by atoms with Gasteiger partial charge in [-0.1, -0.05) is 6.08 Å². The molecule has 4 heteroatoms. The molecule has 0 spiro atoms. The van der Waals surface area contributed by atoms with Gasteiger partial charge in [-0.15, -0.1) is 6.58 Å². The predicted octanol–water partition coefficient (Wildman–Crippen LogP) is 0.775. The van der Waals surface area contributed by atoms with Crippen molar-refractivity contribution in [3.63, 3.8) is 0 Å². The molecule has 1 amide bonds. The van der Waals surface area contributed by atoms with Crippen molar-refractivity contribution < 1.29 is 9.53 Å². The summed E-state index contributed by atoms with van der Waals surface area (Å²) in [6, 6.07) is 0.0300. The van der Waals surface area contributed by atoms with Crippen LogP contribution in [-0.4, -0.2) is 43.7 Å². The minimum absolute atomic E-state index is 0.0300. The summed E-state index contributed by atoms with van der Waals surface area (Å²) >= 11 is 0. The number of nitrogens with two attached hydrogens (primary N) is 1. The molecule has 0 aliphatic heterocycles. The lowest BCUT2D eigenvalue weighted by atomic mass is 10.1. The zero-order valence-corrected chi connectivity index (χ0v) is 10.0. The van der Waals surface area contributed by atoms with E-state index in [2.05, 4.69) is 6.58 Å². The van der Waals surface area contributed by atoms with Crippen LogP contribution in [0.2, 0.25) is 0 Å². The van der Waals surface area contributed by atoms with Crippen LogP contribution in [0.3, 0.4) is 0 Å². The first-order chi connectivity index (χ1) is 7.69. The number of carbonyl (C=O) groups excluding carboxylic acids is 1. The molecule has 0 bridgehead atoms. The first-order valence-corrected chi connectivity index (χ1v) is 5.82. The summed E-state index contributed by atoms with van der Waals surface area (Å²) in [5.41, 5.74) is 5.94. The Kier molecular flexibility index (Phi) is 5.49. The summed E-state index contributed by atoms with van der Waals surface area (Å²) in [5, 5.41) is 0. The van der Waals surface area contributed by atoms with Gasteiger partial charge in [0.1, 0.15) is 0 Å². The van der Waals surface area contributed by atoms with Crippen LogP contribution in [-0.2, 0) is 9.53 Å². The quantitative estimate of drug-likeness (QED) is 0.622. The molecular formula is C12H22N2O2. The second-order valence-electron chi connectivity index (χ2n) is 4.33. The maximum Gasteiger partial charge on any atom is 0.224 e. The van der Waals surface area contributed by atoms with Crippen molar-refractivity contribution in [3.8, 4) is 0 Å². The van der Waals surface area contributed by atoms with Crippen molar-refractivity contribution in [1.82, 2.24) is 4.90 Å². The third-order valence-corrected chi connectivity index (χ3v) is 2.91. The molecule has 1 unspecified atom stereocenters. The lowest BCUT2D eigenvalue weighted by Gasteiger charge is -2.22. The predicted molar refractivity (Wildman–Crippen MR) is 64.0 cm³/mol. The van der Waals surface area contributed by atoms with Crippen molar-refractivity contribution in [2.24, 2.45) is 11.7 Å². The molecule has 92 valence electrons. The van der Waals surface area contributed by atoms with E-state index in [1.54, 1.807) is 18.1 Å². The van der Waals surface area contributed by atoms with Crippen LogP contribution in [0.1, 0.15) is 19.3 Å². The zero-order valence-electron chi connectivity index (χ0n) is 10.0. The Hall–Kier alpha value is -0.870. The lowest BCUT2D eigenvalue weighted by molar-refractivity contribution is -0.131. The van der Waals surface area contributed by atoms with Crippen LogP contribution in [0.4, 0.5) is 0 Å². The van der Waals surface area contributed by atoms with E-state index in [-0.39, 0.29) is 11.9 Å². The van der Waals surface area contributed by atoms with Crippen molar-refractivity contribution in [2.45, 2.75) is 25.3 Å². The molecule has 1 rings (SSSR count). The summed E-state index contributed by atoms with van der Waals surface area (Å²) in [7, 11) is 1.63. The second kappa shape index (κ2) is 6.66. The van der Waals surface area contributed by atoms with E-state index < -0.39 is 0 Å². The highest BCUT2D eigenvalue weighted by atomic mass is 16.5. The monoisotopic (exact) mass is 226 g/mol. The summed E-state index contributed by atoms with van der Waals surface area (Å²) < 4.78 is 4.97. The van der Waals surface area contributed by atoms with Gasteiger partial charge in [-0.25, -0.2) is 0 Å². The van der Waals surface area contributed by atoms with Crippen LogP contribution < -0.4 is 5.73 Å². The minimum atomic E-state index is 0.0300. The Morgan fingerprint density at radius 1 is 1.69 bits per heavy atom. The SMILES string of the molecule is C=CCN(CCOC)C(=O)CC(N)C1CC1. The molecule has 1 saturated carbocycles. The normalized spacial score (nSPS) is 16.9. The summed E-state index contributed by atoms with van der Waals surface area (Å²) in [5.74, 6) is 0.674. The molecule has 0 radical (unpaired) electrons. The largest absolute Gasteiger partial charge is 0.383 e. The Bertz CT molecular complexity index is 239. The van der Waals surface area contributed by atoms with Gasteiger partial charge >= 0.3 is 0 Å². The van der Waals surface area contributed by atoms with E-state index in [4.69, 9.17) is 10.5 Å². The van der Waals surface area contributed by atoms with E-state index in [1.165, 1.54) is 12.8 Å². The number of hydrogen-bond acceptors (Lipinski definition) is 3. The molecule has 1 aliphatic rings. The Labute approximate surface area is 97.4 Å². The van der Waals surface area contributed by atoms with Crippen LogP contribution in [0.5, 0.6) is 0 Å². The molecule has 1 atom stereocenters.